The number of aliphatic carboxylic acids is 1. The number of ether oxygens (including phenoxy) is 2. The number of carbonyl (C=O) groups is 3. The number of piperidine rings is 1. The molecule has 0 bridgehead atoms. The molecule has 0 saturated carbocycles. The lowest BCUT2D eigenvalue weighted by atomic mass is 9.98. The third kappa shape index (κ3) is 6.55. The number of nitrogens with zero attached hydrogens (tertiary/aromatic N) is 1. The Morgan fingerprint density at radius 1 is 1.00 bits per heavy atom. The maximum atomic E-state index is 12.4. The molecular weight excluding hydrogens is 468 g/mol. The quantitative estimate of drug-likeness (QED) is 0.484. The predicted molar refractivity (Wildman–Crippen MR) is 134 cm³/mol. The third-order valence-electron chi connectivity index (χ3n) is 6.32. The van der Waals surface area contributed by atoms with Crippen LogP contribution < -0.4 is 5.32 Å². The van der Waals surface area contributed by atoms with E-state index in [0.29, 0.717) is 44.0 Å². The van der Waals surface area contributed by atoms with Crippen molar-refractivity contribution in [2.24, 2.45) is 0 Å². The minimum absolute atomic E-state index is 0.0267. The molecule has 1 aliphatic heterocycles. The number of hydrogen-bond acceptors (Lipinski definition) is 6. The van der Waals surface area contributed by atoms with Gasteiger partial charge >= 0.3 is 12.1 Å². The summed E-state index contributed by atoms with van der Waals surface area (Å²) in [7, 11) is 0. The van der Waals surface area contributed by atoms with Gasteiger partial charge in [0, 0.05) is 31.3 Å². The molecule has 35 heavy (non-hydrogen) atoms. The molecule has 0 aromatic heterocycles. The van der Waals surface area contributed by atoms with Gasteiger partial charge in [-0.3, -0.25) is 4.79 Å². The first kappa shape index (κ1) is 25.1. The molecule has 8 nitrogen and oxygen atoms in total. The van der Waals surface area contributed by atoms with Gasteiger partial charge in [0.25, 0.3) is 0 Å². The molecule has 2 aromatic rings. The van der Waals surface area contributed by atoms with Gasteiger partial charge in [-0.25, -0.2) is 9.59 Å². The minimum atomic E-state index is -0.980. The fourth-order valence-corrected chi connectivity index (χ4v) is 5.33. The lowest BCUT2D eigenvalue weighted by Crippen LogP contribution is -2.42. The van der Waals surface area contributed by atoms with Gasteiger partial charge in [0.15, 0.2) is 0 Å². The van der Waals surface area contributed by atoms with Crippen molar-refractivity contribution < 1.29 is 29.0 Å². The summed E-state index contributed by atoms with van der Waals surface area (Å²) in [6, 6.07) is 16.4. The molecule has 2 aromatic carbocycles. The Balaban J connectivity index is 1.11. The first-order chi connectivity index (χ1) is 17.0. The van der Waals surface area contributed by atoms with Crippen molar-refractivity contribution in [1.82, 2.24) is 10.2 Å². The fraction of sp³-hybridized carbons (Fsp3) is 0.423. The molecule has 1 saturated heterocycles. The van der Waals surface area contributed by atoms with Gasteiger partial charge in [-0.1, -0.05) is 48.5 Å². The molecule has 1 heterocycles. The molecular formula is C26H30N2O6S. The lowest BCUT2D eigenvalue weighted by molar-refractivity contribution is -0.146. The average molecular weight is 499 g/mol. The number of alkyl carbamates (subject to hydrolysis) is 1. The van der Waals surface area contributed by atoms with Crippen LogP contribution in [0.2, 0.25) is 0 Å². The molecule has 1 aliphatic carbocycles. The average Bonchev–Trinajstić information content (AvgIpc) is 3.20. The number of likely N-dealkylation sites (tertiary alicyclic amines) is 1. The van der Waals surface area contributed by atoms with E-state index >= 15 is 0 Å². The van der Waals surface area contributed by atoms with E-state index < -0.39 is 12.1 Å². The number of nitrogens with one attached hydrogen (secondary N) is 1. The molecule has 4 rings (SSSR count). The molecule has 0 atom stereocenters. The molecule has 1 fully saturated rings. The van der Waals surface area contributed by atoms with Crippen LogP contribution in [-0.4, -0.2) is 78.4 Å². The first-order valence-corrected chi connectivity index (χ1v) is 13.0. The number of rotatable bonds is 10. The zero-order valence-corrected chi connectivity index (χ0v) is 20.3. The van der Waals surface area contributed by atoms with Gasteiger partial charge in [-0.15, -0.1) is 0 Å². The summed E-state index contributed by atoms with van der Waals surface area (Å²) in [5.74, 6) is 0.0412. The van der Waals surface area contributed by atoms with Crippen molar-refractivity contribution in [3.63, 3.8) is 0 Å². The van der Waals surface area contributed by atoms with Crippen molar-refractivity contribution >= 4 is 29.7 Å². The van der Waals surface area contributed by atoms with Crippen LogP contribution in [0.15, 0.2) is 48.5 Å². The highest BCUT2D eigenvalue weighted by molar-refractivity contribution is 7.99. The Kier molecular flexibility index (Phi) is 8.65. The number of carboxylic acid groups (broad SMARTS) is 1. The number of amides is 2. The molecule has 0 radical (unpaired) electrons. The third-order valence-corrected chi connectivity index (χ3v) is 7.27. The van der Waals surface area contributed by atoms with Crippen molar-refractivity contribution in [3.8, 4) is 11.1 Å². The van der Waals surface area contributed by atoms with Crippen LogP contribution in [0.25, 0.3) is 11.1 Å². The molecule has 0 unspecified atom stereocenters. The van der Waals surface area contributed by atoms with Crippen LogP contribution in [-0.2, 0) is 19.1 Å². The highest BCUT2D eigenvalue weighted by atomic mass is 32.2. The van der Waals surface area contributed by atoms with E-state index in [1.807, 2.05) is 24.3 Å². The summed E-state index contributed by atoms with van der Waals surface area (Å²) >= 11 is 1.47. The number of thioether (sulfide) groups is 1. The Labute approximate surface area is 209 Å². The number of fused-ring (bicyclic) bond motifs is 3. The lowest BCUT2D eigenvalue weighted by Gasteiger charge is -2.31. The number of carbonyl (C=O) groups excluding carboxylic acids is 2. The highest BCUT2D eigenvalue weighted by Crippen LogP contribution is 2.44. The fourth-order valence-electron chi connectivity index (χ4n) is 4.59. The summed E-state index contributed by atoms with van der Waals surface area (Å²) in [5, 5.41) is 11.4. The molecule has 9 heteroatoms. The van der Waals surface area contributed by atoms with Gasteiger partial charge in [0.2, 0.25) is 5.91 Å². The van der Waals surface area contributed by atoms with E-state index in [1.54, 1.807) is 4.90 Å². The van der Waals surface area contributed by atoms with Crippen molar-refractivity contribution in [2.75, 3.05) is 44.4 Å². The zero-order valence-electron chi connectivity index (χ0n) is 19.5. The van der Waals surface area contributed by atoms with Crippen LogP contribution in [0, 0.1) is 0 Å². The maximum absolute atomic E-state index is 12.4. The maximum Gasteiger partial charge on any atom is 0.407 e. The number of hydrogen-bond donors (Lipinski definition) is 2. The summed E-state index contributed by atoms with van der Waals surface area (Å²) in [6.45, 7) is 1.53. The SMILES string of the molecule is O=C(O)COC1CCN(C(=O)CSCCNC(=O)OCC2c3ccccc3-c3ccccc32)CC1. The zero-order chi connectivity index (χ0) is 24.6. The standard InChI is InChI=1S/C26H30N2O6S/c29-24(28-12-9-18(10-13-28)33-16-25(30)31)17-35-14-11-27-26(32)34-15-23-21-7-3-1-5-19(21)20-6-2-4-8-22(20)23/h1-8,18,23H,9-17H2,(H,27,32)(H,30,31). The van der Waals surface area contributed by atoms with E-state index in [2.05, 4.69) is 29.6 Å². The van der Waals surface area contributed by atoms with Crippen molar-refractivity contribution in [3.05, 3.63) is 59.7 Å². The number of carboxylic acids is 1. The summed E-state index contributed by atoms with van der Waals surface area (Å²) in [5.41, 5.74) is 4.73. The summed E-state index contributed by atoms with van der Waals surface area (Å²) in [6.07, 6.45) is 0.728. The first-order valence-electron chi connectivity index (χ1n) is 11.8. The Hall–Kier alpha value is -3.04. The second-order valence-electron chi connectivity index (χ2n) is 8.59. The van der Waals surface area contributed by atoms with Crippen LogP contribution in [0.3, 0.4) is 0 Å². The van der Waals surface area contributed by atoms with Gasteiger partial charge in [0.05, 0.1) is 11.9 Å². The van der Waals surface area contributed by atoms with Gasteiger partial charge < -0.3 is 24.8 Å². The van der Waals surface area contributed by atoms with Crippen molar-refractivity contribution in [2.45, 2.75) is 24.9 Å². The van der Waals surface area contributed by atoms with Gasteiger partial charge in [0.1, 0.15) is 13.2 Å². The van der Waals surface area contributed by atoms with Gasteiger partial charge in [-0.05, 0) is 35.1 Å². The topological polar surface area (TPSA) is 105 Å². The van der Waals surface area contributed by atoms with Crippen LogP contribution in [0.1, 0.15) is 29.9 Å². The normalized spacial score (nSPS) is 15.4. The minimum Gasteiger partial charge on any atom is -0.480 e. The largest absolute Gasteiger partial charge is 0.480 e. The van der Waals surface area contributed by atoms with E-state index in [1.165, 1.54) is 34.0 Å². The van der Waals surface area contributed by atoms with E-state index in [9.17, 15) is 14.4 Å². The summed E-state index contributed by atoms with van der Waals surface area (Å²) < 4.78 is 10.8. The Morgan fingerprint density at radius 2 is 1.63 bits per heavy atom. The van der Waals surface area contributed by atoms with E-state index in [0.717, 1.165) is 0 Å². The second-order valence-corrected chi connectivity index (χ2v) is 9.69. The van der Waals surface area contributed by atoms with E-state index in [-0.39, 0.29) is 31.1 Å². The molecule has 2 aliphatic rings. The Bertz CT molecular complexity index is 1010. The smallest absolute Gasteiger partial charge is 0.407 e. The monoisotopic (exact) mass is 498 g/mol. The van der Waals surface area contributed by atoms with Crippen LogP contribution in [0.5, 0.6) is 0 Å². The van der Waals surface area contributed by atoms with Crippen molar-refractivity contribution in [1.29, 1.82) is 0 Å². The van der Waals surface area contributed by atoms with Crippen LogP contribution >= 0.6 is 11.8 Å². The second kappa shape index (κ2) is 12.1. The van der Waals surface area contributed by atoms with Gasteiger partial charge in [-0.2, -0.15) is 11.8 Å². The summed E-state index contributed by atoms with van der Waals surface area (Å²) in [4.78, 5) is 37.0. The van der Waals surface area contributed by atoms with Crippen LogP contribution in [0.4, 0.5) is 4.79 Å². The highest BCUT2D eigenvalue weighted by Gasteiger charge is 2.29. The molecule has 2 amide bonds. The predicted octanol–water partition coefficient (Wildman–Crippen LogP) is 3.35. The molecule has 186 valence electrons. The Morgan fingerprint density at radius 3 is 2.26 bits per heavy atom. The molecule has 2 N–H and O–H groups in total. The number of benzene rings is 2. The molecule has 0 spiro atoms. The van der Waals surface area contributed by atoms with E-state index in [4.69, 9.17) is 14.6 Å².